The number of imide groups is 1. The lowest BCUT2D eigenvalue weighted by Gasteiger charge is -2.22. The minimum Gasteiger partial charge on any atom is -0.497 e. The second kappa shape index (κ2) is 8.36. The Kier molecular flexibility index (Phi) is 5.86. The van der Waals surface area contributed by atoms with Crippen LogP contribution in [0.5, 0.6) is 5.75 Å². The van der Waals surface area contributed by atoms with Crippen molar-refractivity contribution < 1.29 is 28.7 Å². The highest BCUT2D eigenvalue weighted by atomic mass is 16.5. The third kappa shape index (κ3) is 4.17. The minimum absolute atomic E-state index is 0.352. The molecule has 1 aliphatic heterocycles. The SMILES string of the molecule is COc1ccc(C(=O)COC(=O)CN2C(=O)N[C@@](C)(c3ccc(C)cc3)C2=O)cc1. The summed E-state index contributed by atoms with van der Waals surface area (Å²) in [6, 6.07) is 12.8. The van der Waals surface area contributed by atoms with E-state index in [0.29, 0.717) is 16.9 Å². The van der Waals surface area contributed by atoms with E-state index in [1.165, 1.54) is 7.11 Å². The monoisotopic (exact) mass is 410 g/mol. The van der Waals surface area contributed by atoms with Crippen LogP contribution in [0.4, 0.5) is 4.79 Å². The van der Waals surface area contributed by atoms with Gasteiger partial charge < -0.3 is 14.8 Å². The Balaban J connectivity index is 1.60. The zero-order chi connectivity index (χ0) is 21.9. The van der Waals surface area contributed by atoms with Crippen molar-refractivity contribution in [2.24, 2.45) is 0 Å². The molecular formula is C22H22N2O6. The van der Waals surface area contributed by atoms with Crippen LogP contribution in [0.2, 0.25) is 0 Å². The molecular weight excluding hydrogens is 388 g/mol. The average Bonchev–Trinajstić information content (AvgIpc) is 2.96. The van der Waals surface area contributed by atoms with Crippen LogP contribution in [-0.4, -0.2) is 48.9 Å². The molecule has 0 saturated carbocycles. The van der Waals surface area contributed by atoms with E-state index in [4.69, 9.17) is 9.47 Å². The zero-order valence-electron chi connectivity index (χ0n) is 16.9. The lowest BCUT2D eigenvalue weighted by Crippen LogP contribution is -2.41. The van der Waals surface area contributed by atoms with Crippen LogP contribution in [0, 0.1) is 6.92 Å². The molecule has 1 atom stereocenters. The van der Waals surface area contributed by atoms with E-state index in [1.807, 2.05) is 19.1 Å². The Morgan fingerprint density at radius 1 is 1.03 bits per heavy atom. The summed E-state index contributed by atoms with van der Waals surface area (Å²) in [4.78, 5) is 50.2. The van der Waals surface area contributed by atoms with Gasteiger partial charge in [0, 0.05) is 5.56 Å². The lowest BCUT2D eigenvalue weighted by molar-refractivity contribution is -0.146. The second-order valence-electron chi connectivity index (χ2n) is 7.12. The number of nitrogens with zero attached hydrogens (tertiary/aromatic N) is 1. The van der Waals surface area contributed by atoms with Gasteiger partial charge >= 0.3 is 12.0 Å². The molecule has 0 aliphatic carbocycles. The summed E-state index contributed by atoms with van der Waals surface area (Å²) in [5.41, 5.74) is 0.702. The summed E-state index contributed by atoms with van der Waals surface area (Å²) < 4.78 is 9.99. The summed E-state index contributed by atoms with van der Waals surface area (Å²) in [5.74, 6) is -1.23. The normalized spacial score (nSPS) is 18.2. The molecule has 1 saturated heterocycles. The van der Waals surface area contributed by atoms with Crippen molar-refractivity contribution in [2.45, 2.75) is 19.4 Å². The number of carbonyl (C=O) groups is 4. The van der Waals surface area contributed by atoms with Gasteiger partial charge in [-0.3, -0.25) is 19.3 Å². The summed E-state index contributed by atoms with van der Waals surface area (Å²) in [6.45, 7) is 2.42. The second-order valence-corrected chi connectivity index (χ2v) is 7.12. The zero-order valence-corrected chi connectivity index (χ0v) is 16.9. The molecule has 0 aromatic heterocycles. The first kappa shape index (κ1) is 21.0. The first-order valence-corrected chi connectivity index (χ1v) is 9.28. The molecule has 2 aromatic carbocycles. The summed E-state index contributed by atoms with van der Waals surface area (Å²) in [6.07, 6.45) is 0. The van der Waals surface area contributed by atoms with Crippen LogP contribution in [-0.2, 0) is 19.9 Å². The topological polar surface area (TPSA) is 102 Å². The Morgan fingerprint density at radius 3 is 2.27 bits per heavy atom. The molecule has 1 fully saturated rings. The Hall–Kier alpha value is -3.68. The van der Waals surface area contributed by atoms with Crippen LogP contribution in [0.3, 0.4) is 0 Å². The largest absolute Gasteiger partial charge is 0.497 e. The number of ether oxygens (including phenoxy) is 2. The maximum atomic E-state index is 12.8. The van der Waals surface area contributed by atoms with Crippen LogP contribution in [0.25, 0.3) is 0 Å². The Labute approximate surface area is 173 Å². The first-order valence-electron chi connectivity index (χ1n) is 9.28. The number of Topliss-reactive ketones (excluding diaryl/α,β-unsaturated/α-hetero) is 1. The number of urea groups is 1. The fourth-order valence-corrected chi connectivity index (χ4v) is 3.10. The van der Waals surface area contributed by atoms with E-state index in [1.54, 1.807) is 43.3 Å². The number of rotatable bonds is 7. The molecule has 1 N–H and O–H groups in total. The molecule has 2 aromatic rings. The molecule has 3 rings (SSSR count). The molecule has 1 aliphatic rings. The van der Waals surface area contributed by atoms with Gasteiger partial charge in [0.15, 0.2) is 12.4 Å². The predicted molar refractivity (Wildman–Crippen MR) is 107 cm³/mol. The number of amides is 3. The van der Waals surface area contributed by atoms with Crippen molar-refractivity contribution in [2.75, 3.05) is 20.3 Å². The van der Waals surface area contributed by atoms with E-state index in [9.17, 15) is 19.2 Å². The number of carbonyl (C=O) groups excluding carboxylic acids is 4. The molecule has 30 heavy (non-hydrogen) atoms. The molecule has 0 unspecified atom stereocenters. The van der Waals surface area contributed by atoms with Gasteiger partial charge in [-0.15, -0.1) is 0 Å². The molecule has 1 heterocycles. The summed E-state index contributed by atoms with van der Waals surface area (Å²) in [5, 5.41) is 2.62. The quantitative estimate of drug-likeness (QED) is 0.427. The third-order valence-electron chi connectivity index (χ3n) is 4.97. The van der Waals surface area contributed by atoms with Crippen LogP contribution in [0.15, 0.2) is 48.5 Å². The number of esters is 1. The van der Waals surface area contributed by atoms with Gasteiger partial charge in [-0.25, -0.2) is 4.79 Å². The van der Waals surface area contributed by atoms with Crippen molar-refractivity contribution in [3.8, 4) is 5.75 Å². The number of hydrogen-bond donors (Lipinski definition) is 1. The highest BCUT2D eigenvalue weighted by Crippen LogP contribution is 2.28. The Morgan fingerprint density at radius 2 is 1.67 bits per heavy atom. The molecule has 3 amide bonds. The molecule has 8 nitrogen and oxygen atoms in total. The maximum Gasteiger partial charge on any atom is 0.326 e. The number of methoxy groups -OCH3 is 1. The first-order chi connectivity index (χ1) is 14.2. The van der Waals surface area contributed by atoms with E-state index in [-0.39, 0.29) is 0 Å². The number of ketones is 1. The van der Waals surface area contributed by atoms with Gasteiger partial charge in [0.25, 0.3) is 5.91 Å². The van der Waals surface area contributed by atoms with Gasteiger partial charge in [-0.05, 0) is 43.7 Å². The van der Waals surface area contributed by atoms with E-state index >= 15 is 0 Å². The minimum atomic E-state index is -1.27. The van der Waals surface area contributed by atoms with E-state index in [2.05, 4.69) is 5.32 Å². The summed E-state index contributed by atoms with van der Waals surface area (Å²) in [7, 11) is 1.51. The number of benzene rings is 2. The molecule has 0 radical (unpaired) electrons. The lowest BCUT2D eigenvalue weighted by atomic mass is 9.91. The van der Waals surface area contributed by atoms with Crippen molar-refractivity contribution in [1.82, 2.24) is 10.2 Å². The number of nitrogens with one attached hydrogen (secondary N) is 1. The number of hydrogen-bond acceptors (Lipinski definition) is 6. The van der Waals surface area contributed by atoms with Crippen LogP contribution >= 0.6 is 0 Å². The molecule has 0 bridgehead atoms. The van der Waals surface area contributed by atoms with Crippen molar-refractivity contribution in [1.29, 1.82) is 0 Å². The van der Waals surface area contributed by atoms with Gasteiger partial charge in [-0.1, -0.05) is 29.8 Å². The fraction of sp³-hybridized carbons (Fsp3) is 0.273. The van der Waals surface area contributed by atoms with Crippen molar-refractivity contribution in [3.63, 3.8) is 0 Å². The maximum absolute atomic E-state index is 12.8. The molecule has 156 valence electrons. The smallest absolute Gasteiger partial charge is 0.326 e. The fourth-order valence-electron chi connectivity index (χ4n) is 3.10. The predicted octanol–water partition coefficient (Wildman–Crippen LogP) is 2.20. The van der Waals surface area contributed by atoms with E-state index < -0.39 is 42.4 Å². The van der Waals surface area contributed by atoms with Gasteiger partial charge in [0.1, 0.15) is 17.8 Å². The molecule has 8 heteroatoms. The highest BCUT2D eigenvalue weighted by Gasteiger charge is 2.49. The number of aryl methyl sites for hydroxylation is 1. The molecule has 0 spiro atoms. The van der Waals surface area contributed by atoms with Gasteiger partial charge in [0.05, 0.1) is 7.11 Å². The average molecular weight is 410 g/mol. The highest BCUT2D eigenvalue weighted by molar-refractivity contribution is 6.09. The summed E-state index contributed by atoms with van der Waals surface area (Å²) >= 11 is 0. The standard InChI is InChI=1S/C22H22N2O6/c1-14-4-8-16(9-5-14)22(2)20(27)24(21(28)23-22)12-19(26)30-13-18(25)15-6-10-17(29-3)11-7-15/h4-11H,12-13H2,1-3H3,(H,23,28)/t22-/m0/s1. The van der Waals surface area contributed by atoms with Crippen LogP contribution in [0.1, 0.15) is 28.4 Å². The van der Waals surface area contributed by atoms with E-state index in [0.717, 1.165) is 10.5 Å². The van der Waals surface area contributed by atoms with Crippen LogP contribution < -0.4 is 10.1 Å². The van der Waals surface area contributed by atoms with Crippen molar-refractivity contribution in [3.05, 3.63) is 65.2 Å². The Bertz CT molecular complexity index is 984. The van der Waals surface area contributed by atoms with Gasteiger partial charge in [0.2, 0.25) is 0 Å². The van der Waals surface area contributed by atoms with Crippen molar-refractivity contribution >= 4 is 23.7 Å². The third-order valence-corrected chi connectivity index (χ3v) is 4.97. The van der Waals surface area contributed by atoms with Gasteiger partial charge in [-0.2, -0.15) is 0 Å².